The zero-order chi connectivity index (χ0) is 19.4. The number of likely N-dealkylation sites (tertiary alicyclic amines) is 1. The Hall–Kier alpha value is -1.76. The minimum Gasteiger partial charge on any atom is -0.406 e. The number of carbonyl (C=O) groups excluding carboxylic acids is 1. The molecule has 1 atom stereocenters. The SMILES string of the molecule is C[C@]1(O)C[C@@H](C(=O)N2CC3(CC[C@@H](c4ccc(OC(F)(F)F)cc4)C3)C2)C1. The maximum absolute atomic E-state index is 12.4. The molecular weight excluding hydrogens is 359 g/mol. The molecule has 1 aromatic carbocycles. The number of rotatable bonds is 3. The summed E-state index contributed by atoms with van der Waals surface area (Å²) < 4.78 is 40.7. The summed E-state index contributed by atoms with van der Waals surface area (Å²) in [7, 11) is 0. The van der Waals surface area contributed by atoms with E-state index in [1.54, 1.807) is 19.1 Å². The van der Waals surface area contributed by atoms with Crippen LogP contribution in [0.2, 0.25) is 0 Å². The van der Waals surface area contributed by atoms with Crippen LogP contribution in [0.25, 0.3) is 0 Å². The van der Waals surface area contributed by atoms with Gasteiger partial charge in [0.25, 0.3) is 0 Å². The molecule has 1 heterocycles. The van der Waals surface area contributed by atoms with E-state index < -0.39 is 12.0 Å². The Kier molecular flexibility index (Phi) is 4.22. The minimum absolute atomic E-state index is 0.0456. The topological polar surface area (TPSA) is 49.8 Å². The number of amides is 1. The van der Waals surface area contributed by atoms with E-state index in [1.807, 2.05) is 4.90 Å². The van der Waals surface area contributed by atoms with Crippen LogP contribution in [0.4, 0.5) is 13.2 Å². The first-order valence-corrected chi connectivity index (χ1v) is 9.41. The van der Waals surface area contributed by atoms with Gasteiger partial charge in [0.1, 0.15) is 5.75 Å². The maximum atomic E-state index is 12.4. The van der Waals surface area contributed by atoms with Gasteiger partial charge in [-0.3, -0.25) is 4.79 Å². The van der Waals surface area contributed by atoms with Gasteiger partial charge in [-0.1, -0.05) is 12.1 Å². The van der Waals surface area contributed by atoms with Crippen molar-refractivity contribution < 1.29 is 27.8 Å². The third kappa shape index (κ3) is 3.79. The molecule has 1 spiro atoms. The van der Waals surface area contributed by atoms with Crippen LogP contribution >= 0.6 is 0 Å². The fourth-order valence-electron chi connectivity index (χ4n) is 5.07. The summed E-state index contributed by atoms with van der Waals surface area (Å²) in [6, 6.07) is 6.16. The van der Waals surface area contributed by atoms with Gasteiger partial charge in [-0.25, -0.2) is 0 Å². The van der Waals surface area contributed by atoms with Crippen LogP contribution < -0.4 is 4.74 Å². The number of carbonyl (C=O) groups is 1. The number of halogens is 3. The molecule has 0 unspecified atom stereocenters. The van der Waals surface area contributed by atoms with Gasteiger partial charge in [-0.15, -0.1) is 13.2 Å². The van der Waals surface area contributed by atoms with Gasteiger partial charge >= 0.3 is 6.36 Å². The second-order valence-electron chi connectivity index (χ2n) is 8.85. The van der Waals surface area contributed by atoms with Crippen LogP contribution in [0, 0.1) is 11.3 Å². The predicted molar refractivity (Wildman–Crippen MR) is 92.1 cm³/mol. The number of hydrogen-bond donors (Lipinski definition) is 1. The van der Waals surface area contributed by atoms with Gasteiger partial charge in [0.15, 0.2) is 0 Å². The standard InChI is InChI=1S/C20H24F3NO3/c1-18(26)8-15(9-18)17(25)24-11-19(12-24)7-6-14(10-19)13-2-4-16(5-3-13)27-20(21,22)23/h2-5,14-15,26H,6-12H2,1H3/t14-,15-,18+/m1/s1. The van der Waals surface area contributed by atoms with Crippen molar-refractivity contribution in [2.75, 3.05) is 13.1 Å². The largest absolute Gasteiger partial charge is 0.573 e. The molecule has 27 heavy (non-hydrogen) atoms. The van der Waals surface area contributed by atoms with E-state index in [4.69, 9.17) is 0 Å². The summed E-state index contributed by atoms with van der Waals surface area (Å²) in [5.41, 5.74) is 0.484. The van der Waals surface area contributed by atoms with E-state index in [1.165, 1.54) is 12.1 Å². The Bertz CT molecular complexity index is 715. The highest BCUT2D eigenvalue weighted by Crippen LogP contribution is 2.53. The lowest BCUT2D eigenvalue weighted by molar-refractivity contribution is -0.274. The van der Waals surface area contributed by atoms with Crippen molar-refractivity contribution in [3.63, 3.8) is 0 Å². The summed E-state index contributed by atoms with van der Waals surface area (Å²) in [5, 5.41) is 9.81. The summed E-state index contributed by atoms with van der Waals surface area (Å²) in [6.45, 7) is 3.29. The van der Waals surface area contributed by atoms with Gasteiger partial charge in [0, 0.05) is 24.4 Å². The Labute approximate surface area is 156 Å². The first-order valence-electron chi connectivity index (χ1n) is 9.41. The van der Waals surface area contributed by atoms with Crippen molar-refractivity contribution in [2.45, 2.75) is 56.9 Å². The van der Waals surface area contributed by atoms with Crippen molar-refractivity contribution in [3.05, 3.63) is 29.8 Å². The molecule has 3 aliphatic rings. The molecular formula is C20H24F3NO3. The van der Waals surface area contributed by atoms with E-state index in [-0.39, 0.29) is 23.0 Å². The van der Waals surface area contributed by atoms with Gasteiger partial charge in [-0.2, -0.15) is 0 Å². The second-order valence-corrected chi connectivity index (χ2v) is 8.85. The highest BCUT2D eigenvalue weighted by atomic mass is 19.4. The van der Waals surface area contributed by atoms with E-state index in [0.29, 0.717) is 18.8 Å². The molecule has 2 aliphatic carbocycles. The van der Waals surface area contributed by atoms with Crippen molar-refractivity contribution >= 4 is 5.91 Å². The van der Waals surface area contributed by atoms with Crippen LogP contribution in [0.1, 0.15) is 50.5 Å². The highest BCUT2D eigenvalue weighted by Gasteiger charge is 2.53. The Morgan fingerprint density at radius 1 is 1.19 bits per heavy atom. The molecule has 4 nitrogen and oxygen atoms in total. The van der Waals surface area contributed by atoms with Crippen LogP contribution in [0.3, 0.4) is 0 Å². The Morgan fingerprint density at radius 2 is 1.81 bits per heavy atom. The van der Waals surface area contributed by atoms with Gasteiger partial charge < -0.3 is 14.7 Å². The zero-order valence-electron chi connectivity index (χ0n) is 15.3. The number of hydrogen-bond acceptors (Lipinski definition) is 3. The molecule has 3 fully saturated rings. The maximum Gasteiger partial charge on any atom is 0.573 e. The normalized spacial score (nSPS) is 32.1. The first kappa shape index (κ1) is 18.6. The Morgan fingerprint density at radius 3 is 2.37 bits per heavy atom. The first-order chi connectivity index (χ1) is 12.5. The molecule has 1 amide bonds. The van der Waals surface area contributed by atoms with Crippen LogP contribution in [-0.2, 0) is 4.79 Å². The molecule has 1 N–H and O–H groups in total. The van der Waals surface area contributed by atoms with Crippen molar-refractivity contribution in [3.8, 4) is 5.75 Å². The summed E-state index contributed by atoms with van der Waals surface area (Å²) >= 11 is 0. The lowest BCUT2D eigenvalue weighted by Gasteiger charge is -2.52. The predicted octanol–water partition coefficient (Wildman–Crippen LogP) is 3.84. The molecule has 4 rings (SSSR count). The molecule has 2 saturated carbocycles. The van der Waals surface area contributed by atoms with Gasteiger partial charge in [0.05, 0.1) is 5.60 Å². The Balaban J connectivity index is 1.30. The molecule has 0 aromatic heterocycles. The average Bonchev–Trinajstić information content (AvgIpc) is 2.95. The number of ether oxygens (including phenoxy) is 1. The summed E-state index contributed by atoms with van der Waals surface area (Å²) in [6.07, 6.45) is -0.605. The number of aliphatic hydroxyl groups is 1. The van der Waals surface area contributed by atoms with Crippen molar-refractivity contribution in [1.29, 1.82) is 0 Å². The number of benzene rings is 1. The lowest BCUT2D eigenvalue weighted by atomic mass is 9.69. The van der Waals surface area contributed by atoms with Crippen LogP contribution in [0.5, 0.6) is 5.75 Å². The fraction of sp³-hybridized carbons (Fsp3) is 0.650. The van der Waals surface area contributed by atoms with Crippen LogP contribution in [-0.4, -0.2) is 41.0 Å². The summed E-state index contributed by atoms with van der Waals surface area (Å²) in [5.74, 6) is 0.224. The van der Waals surface area contributed by atoms with E-state index >= 15 is 0 Å². The third-order valence-corrected chi connectivity index (χ3v) is 6.37. The molecule has 7 heteroatoms. The molecule has 0 radical (unpaired) electrons. The fourth-order valence-corrected chi connectivity index (χ4v) is 5.07. The number of nitrogens with zero attached hydrogens (tertiary/aromatic N) is 1. The molecule has 148 valence electrons. The third-order valence-electron chi connectivity index (χ3n) is 6.37. The molecule has 1 aliphatic heterocycles. The smallest absolute Gasteiger partial charge is 0.406 e. The minimum atomic E-state index is -4.67. The zero-order valence-corrected chi connectivity index (χ0v) is 15.3. The monoisotopic (exact) mass is 383 g/mol. The van der Waals surface area contributed by atoms with Gasteiger partial charge in [-0.05, 0) is 62.6 Å². The van der Waals surface area contributed by atoms with E-state index in [9.17, 15) is 23.1 Å². The highest BCUT2D eigenvalue weighted by molar-refractivity contribution is 5.81. The summed E-state index contributed by atoms with van der Waals surface area (Å²) in [4.78, 5) is 14.4. The van der Waals surface area contributed by atoms with Crippen molar-refractivity contribution in [2.24, 2.45) is 11.3 Å². The second kappa shape index (κ2) is 6.12. The molecule has 0 bridgehead atoms. The number of alkyl halides is 3. The molecule has 1 saturated heterocycles. The van der Waals surface area contributed by atoms with Crippen LogP contribution in [0.15, 0.2) is 24.3 Å². The quantitative estimate of drug-likeness (QED) is 0.863. The molecule has 1 aromatic rings. The lowest BCUT2D eigenvalue weighted by Crippen LogP contribution is -2.61. The van der Waals surface area contributed by atoms with E-state index in [2.05, 4.69) is 4.74 Å². The average molecular weight is 383 g/mol. The van der Waals surface area contributed by atoms with E-state index in [0.717, 1.165) is 37.9 Å². The van der Waals surface area contributed by atoms with Gasteiger partial charge in [0.2, 0.25) is 5.91 Å². The van der Waals surface area contributed by atoms with Crippen molar-refractivity contribution in [1.82, 2.24) is 4.90 Å².